The molecule has 1 unspecified atom stereocenters. The number of carbonyl (C=O) groups excluding carboxylic acids is 1. The molecule has 0 radical (unpaired) electrons. The lowest BCUT2D eigenvalue weighted by Gasteiger charge is -2.13. The van der Waals surface area contributed by atoms with Gasteiger partial charge in [0.1, 0.15) is 11.5 Å². The Kier molecular flexibility index (Phi) is 6.15. The first-order valence-electron chi connectivity index (χ1n) is 9.19. The Morgan fingerprint density at radius 2 is 1.67 bits per heavy atom. The highest BCUT2D eigenvalue weighted by atomic mass is 16.1. The molecule has 2 N–H and O–H groups in total. The summed E-state index contributed by atoms with van der Waals surface area (Å²) in [5, 5.41) is 6.27. The highest BCUT2D eigenvalue weighted by Gasteiger charge is 2.14. The van der Waals surface area contributed by atoms with E-state index in [2.05, 4.69) is 20.6 Å². The van der Waals surface area contributed by atoms with Crippen molar-refractivity contribution in [3.8, 4) is 11.4 Å². The van der Waals surface area contributed by atoms with Crippen LogP contribution in [0, 0.1) is 0 Å². The predicted octanol–water partition coefficient (Wildman–Crippen LogP) is 4.28. The van der Waals surface area contributed by atoms with Crippen molar-refractivity contribution in [2.75, 3.05) is 5.32 Å². The Hall–Kier alpha value is -3.21. The molecule has 138 valence electrons. The largest absolute Gasteiger partial charge is 0.366 e. The third-order valence-corrected chi connectivity index (χ3v) is 4.30. The number of anilines is 1. The lowest BCUT2D eigenvalue weighted by Crippen LogP contribution is -2.32. The number of carbonyl (C=O) groups is 1. The van der Waals surface area contributed by atoms with Crippen molar-refractivity contribution in [3.63, 3.8) is 0 Å². The van der Waals surface area contributed by atoms with Crippen LogP contribution in [0.25, 0.3) is 11.4 Å². The van der Waals surface area contributed by atoms with E-state index in [0.29, 0.717) is 23.9 Å². The minimum absolute atomic E-state index is 0.0911. The molecule has 1 heterocycles. The first-order chi connectivity index (χ1) is 13.2. The Morgan fingerprint density at radius 3 is 2.33 bits per heavy atom. The number of rotatable bonds is 7. The van der Waals surface area contributed by atoms with Crippen LogP contribution in [0.3, 0.4) is 0 Å². The van der Waals surface area contributed by atoms with Crippen molar-refractivity contribution in [2.45, 2.75) is 32.9 Å². The van der Waals surface area contributed by atoms with E-state index in [4.69, 9.17) is 0 Å². The molecule has 0 saturated heterocycles. The average Bonchev–Trinajstić information content (AvgIpc) is 2.73. The molecule has 1 aromatic heterocycles. The van der Waals surface area contributed by atoms with Gasteiger partial charge in [0.15, 0.2) is 5.82 Å². The average molecular weight is 360 g/mol. The Morgan fingerprint density at radius 1 is 1.00 bits per heavy atom. The molecule has 0 fully saturated rings. The van der Waals surface area contributed by atoms with E-state index >= 15 is 0 Å². The van der Waals surface area contributed by atoms with E-state index in [9.17, 15) is 4.79 Å². The normalized spacial score (nSPS) is 11.6. The van der Waals surface area contributed by atoms with Crippen molar-refractivity contribution in [3.05, 3.63) is 78.0 Å². The maximum absolute atomic E-state index is 12.6. The molecule has 0 aliphatic rings. The van der Waals surface area contributed by atoms with Crippen LogP contribution in [-0.4, -0.2) is 21.9 Å². The summed E-state index contributed by atoms with van der Waals surface area (Å²) in [4.78, 5) is 21.7. The topological polar surface area (TPSA) is 66.9 Å². The second-order valence-corrected chi connectivity index (χ2v) is 6.45. The van der Waals surface area contributed by atoms with Gasteiger partial charge in [0.05, 0.1) is 0 Å². The summed E-state index contributed by atoms with van der Waals surface area (Å²) < 4.78 is 0. The zero-order valence-corrected chi connectivity index (χ0v) is 15.6. The Labute approximate surface area is 159 Å². The van der Waals surface area contributed by atoms with Crippen LogP contribution in [0.1, 0.15) is 36.3 Å². The van der Waals surface area contributed by atoms with E-state index in [1.807, 2.05) is 74.5 Å². The van der Waals surface area contributed by atoms with Crippen molar-refractivity contribution in [1.82, 2.24) is 15.3 Å². The maximum Gasteiger partial charge on any atom is 0.270 e. The number of amides is 1. The van der Waals surface area contributed by atoms with Crippen molar-refractivity contribution in [1.29, 1.82) is 0 Å². The number of nitrogens with zero attached hydrogens (tertiary/aromatic N) is 2. The minimum Gasteiger partial charge on any atom is -0.366 e. The number of nitrogens with one attached hydrogen (secondary N) is 2. The SMILES string of the molecule is CCC(C)NC(=O)c1cc(NCc2ccccc2)nc(-c2ccccc2)n1. The maximum atomic E-state index is 12.6. The quantitative estimate of drug-likeness (QED) is 0.660. The molecule has 5 heteroatoms. The standard InChI is InChI=1S/C22H24N4O/c1-3-16(2)24-22(27)19-14-20(23-15-17-10-6-4-7-11-17)26-21(25-19)18-12-8-5-9-13-18/h4-14,16H,3,15H2,1-2H3,(H,24,27)(H,23,25,26). The summed E-state index contributed by atoms with van der Waals surface area (Å²) in [6.07, 6.45) is 0.863. The molecule has 0 bridgehead atoms. The van der Waals surface area contributed by atoms with Crippen LogP contribution < -0.4 is 10.6 Å². The second-order valence-electron chi connectivity index (χ2n) is 6.45. The van der Waals surface area contributed by atoms with Gasteiger partial charge in [-0.3, -0.25) is 4.79 Å². The monoisotopic (exact) mass is 360 g/mol. The third kappa shape index (κ3) is 5.14. The van der Waals surface area contributed by atoms with Gasteiger partial charge in [-0.25, -0.2) is 9.97 Å². The predicted molar refractivity (Wildman–Crippen MR) is 108 cm³/mol. The Bertz CT molecular complexity index is 881. The molecule has 27 heavy (non-hydrogen) atoms. The number of hydrogen-bond acceptors (Lipinski definition) is 4. The number of benzene rings is 2. The van der Waals surface area contributed by atoms with Gasteiger partial charge in [0.2, 0.25) is 0 Å². The third-order valence-electron chi connectivity index (χ3n) is 4.30. The smallest absolute Gasteiger partial charge is 0.270 e. The first-order valence-corrected chi connectivity index (χ1v) is 9.19. The van der Waals surface area contributed by atoms with Crippen LogP contribution in [0.4, 0.5) is 5.82 Å². The fourth-order valence-electron chi connectivity index (χ4n) is 2.56. The fraction of sp³-hybridized carbons (Fsp3) is 0.227. The van der Waals surface area contributed by atoms with Crippen LogP contribution in [0.15, 0.2) is 66.7 Å². The van der Waals surface area contributed by atoms with Crippen molar-refractivity contribution in [2.24, 2.45) is 0 Å². The van der Waals surface area contributed by atoms with E-state index < -0.39 is 0 Å². The highest BCUT2D eigenvalue weighted by molar-refractivity contribution is 5.93. The molecule has 0 aliphatic carbocycles. The molecule has 2 aromatic carbocycles. The summed E-state index contributed by atoms with van der Waals surface area (Å²) in [6, 6.07) is 21.5. The number of hydrogen-bond donors (Lipinski definition) is 2. The Balaban J connectivity index is 1.89. The molecule has 5 nitrogen and oxygen atoms in total. The molecule has 0 spiro atoms. The zero-order valence-electron chi connectivity index (χ0n) is 15.6. The molecule has 0 saturated carbocycles. The molecule has 3 aromatic rings. The van der Waals surface area contributed by atoms with E-state index in [1.54, 1.807) is 6.07 Å². The highest BCUT2D eigenvalue weighted by Crippen LogP contribution is 2.18. The number of aromatic nitrogens is 2. The summed E-state index contributed by atoms with van der Waals surface area (Å²) in [5.41, 5.74) is 2.38. The second kappa shape index (κ2) is 8.94. The van der Waals surface area contributed by atoms with E-state index in [1.165, 1.54) is 0 Å². The first kappa shape index (κ1) is 18.6. The van der Waals surface area contributed by atoms with Gasteiger partial charge in [-0.2, -0.15) is 0 Å². The molecular weight excluding hydrogens is 336 g/mol. The van der Waals surface area contributed by atoms with E-state index in [0.717, 1.165) is 17.5 Å². The minimum atomic E-state index is -0.188. The lowest BCUT2D eigenvalue weighted by atomic mass is 10.2. The molecule has 3 rings (SSSR count). The summed E-state index contributed by atoms with van der Waals surface area (Å²) in [5.74, 6) is 0.969. The zero-order chi connectivity index (χ0) is 19.1. The van der Waals surface area contributed by atoms with Crippen LogP contribution in [0.5, 0.6) is 0 Å². The van der Waals surface area contributed by atoms with Gasteiger partial charge in [-0.05, 0) is 18.9 Å². The molecule has 1 amide bonds. The van der Waals surface area contributed by atoms with Gasteiger partial charge in [0, 0.05) is 24.2 Å². The fourth-order valence-corrected chi connectivity index (χ4v) is 2.56. The lowest BCUT2D eigenvalue weighted by molar-refractivity contribution is 0.0934. The summed E-state index contributed by atoms with van der Waals surface area (Å²) in [7, 11) is 0. The van der Waals surface area contributed by atoms with Crippen LogP contribution >= 0.6 is 0 Å². The van der Waals surface area contributed by atoms with Crippen LogP contribution in [-0.2, 0) is 6.54 Å². The summed E-state index contributed by atoms with van der Waals surface area (Å²) in [6.45, 7) is 4.64. The molecule has 0 aliphatic heterocycles. The van der Waals surface area contributed by atoms with Gasteiger partial charge in [-0.15, -0.1) is 0 Å². The van der Waals surface area contributed by atoms with Crippen molar-refractivity contribution >= 4 is 11.7 Å². The van der Waals surface area contributed by atoms with Crippen molar-refractivity contribution < 1.29 is 4.79 Å². The van der Waals surface area contributed by atoms with E-state index in [-0.39, 0.29) is 11.9 Å². The molecule has 1 atom stereocenters. The van der Waals surface area contributed by atoms with Gasteiger partial charge in [0.25, 0.3) is 5.91 Å². The van der Waals surface area contributed by atoms with Gasteiger partial charge in [-0.1, -0.05) is 67.6 Å². The molecular formula is C22H24N4O. The van der Waals surface area contributed by atoms with Crippen LogP contribution in [0.2, 0.25) is 0 Å². The summed E-state index contributed by atoms with van der Waals surface area (Å²) >= 11 is 0. The van der Waals surface area contributed by atoms with Gasteiger partial charge >= 0.3 is 0 Å². The van der Waals surface area contributed by atoms with Gasteiger partial charge < -0.3 is 10.6 Å².